The van der Waals surface area contributed by atoms with Crippen LogP contribution in [-0.2, 0) is 4.74 Å². The van der Waals surface area contributed by atoms with Crippen LogP contribution in [0.25, 0.3) is 0 Å². The summed E-state index contributed by atoms with van der Waals surface area (Å²) in [5.74, 6) is 0. The summed E-state index contributed by atoms with van der Waals surface area (Å²) in [4.78, 5) is 1.45. The predicted molar refractivity (Wildman–Crippen MR) is 50.2 cm³/mol. The Morgan fingerprint density at radius 3 is 2.60 bits per heavy atom. The third kappa shape index (κ3) is 7.36. The maximum Gasteiger partial charge on any atom is 1.00 e. The van der Waals surface area contributed by atoms with E-state index in [4.69, 9.17) is 4.74 Å². The van der Waals surface area contributed by atoms with Gasteiger partial charge >= 0.3 is 58.4 Å². The van der Waals surface area contributed by atoms with Crippen molar-refractivity contribution in [3.05, 3.63) is 0 Å². The van der Waals surface area contributed by atoms with Crippen LogP contribution in [0.2, 0.25) is 0 Å². The van der Waals surface area contributed by atoms with Crippen LogP contribution >= 0.6 is 0 Å². The summed E-state index contributed by atoms with van der Waals surface area (Å²) in [6.45, 7) is -1.27. The van der Waals surface area contributed by atoms with Crippen LogP contribution in [0.3, 0.4) is 0 Å². The minimum absolute atomic E-state index is 0. The van der Waals surface area contributed by atoms with Crippen LogP contribution in [0, 0.1) is 0 Å². The van der Waals surface area contributed by atoms with Crippen LogP contribution < -0.4 is 51.4 Å². The molecule has 0 N–H and O–H groups in total. The molecule has 0 radical (unpaired) electrons. The molecular weight excluding hydrogens is 233 g/mol. The van der Waals surface area contributed by atoms with Gasteiger partial charge in [-0.15, -0.1) is 0 Å². The molecule has 1 aliphatic heterocycles. The number of likely N-dealkylation sites (tertiary alicyclic amines) is 1. The van der Waals surface area contributed by atoms with Crippen molar-refractivity contribution in [2.24, 2.45) is 0 Å². The first kappa shape index (κ1) is 16.4. The Bertz CT molecular complexity index is 180. The van der Waals surface area contributed by atoms with Gasteiger partial charge in [0.2, 0.25) is 0 Å². The molecule has 0 aromatic carbocycles. The zero-order valence-corrected chi connectivity index (χ0v) is 12.5. The smallest absolute Gasteiger partial charge is 0.448 e. The summed E-state index contributed by atoms with van der Waals surface area (Å²) in [6.07, 6.45) is 0.933. The van der Waals surface area contributed by atoms with E-state index in [1.165, 1.54) is 4.90 Å². The first-order valence-corrected chi connectivity index (χ1v) is 5.06. The SMILES string of the molecule is CCOC1CCCN(C[B-](F)(F)F)C1.[K+]. The molecule has 0 bridgehead atoms. The Balaban J connectivity index is 0.00000196. The van der Waals surface area contributed by atoms with E-state index < -0.39 is 13.4 Å². The Labute approximate surface area is 131 Å². The van der Waals surface area contributed by atoms with Crippen molar-refractivity contribution in [3.8, 4) is 0 Å². The fourth-order valence-corrected chi connectivity index (χ4v) is 1.84. The van der Waals surface area contributed by atoms with Crippen LogP contribution in [0.1, 0.15) is 19.8 Å². The predicted octanol–water partition coefficient (Wildman–Crippen LogP) is -1.12. The average molecular weight is 249 g/mol. The first-order valence-electron chi connectivity index (χ1n) is 5.06. The third-order valence-corrected chi connectivity index (χ3v) is 2.33. The summed E-state index contributed by atoms with van der Waals surface area (Å²) >= 11 is 0. The minimum atomic E-state index is -4.69. The van der Waals surface area contributed by atoms with Gasteiger partial charge in [0, 0.05) is 13.2 Å². The normalized spacial score (nSPS) is 23.6. The summed E-state index contributed by atoms with van der Waals surface area (Å²) in [5, 5.41) is 0. The summed E-state index contributed by atoms with van der Waals surface area (Å²) in [7, 11) is 0. The summed E-state index contributed by atoms with van der Waals surface area (Å²) < 4.78 is 41.7. The van der Waals surface area contributed by atoms with E-state index in [9.17, 15) is 12.9 Å². The van der Waals surface area contributed by atoms with E-state index in [-0.39, 0.29) is 57.5 Å². The van der Waals surface area contributed by atoms with Crippen molar-refractivity contribution < 1.29 is 69.1 Å². The second kappa shape index (κ2) is 7.68. The van der Waals surface area contributed by atoms with E-state index >= 15 is 0 Å². The summed E-state index contributed by atoms with van der Waals surface area (Å²) in [6, 6.07) is 0. The molecule has 2 nitrogen and oxygen atoms in total. The van der Waals surface area contributed by atoms with Crippen molar-refractivity contribution >= 4 is 6.98 Å². The Kier molecular flexibility index (Phi) is 8.41. The van der Waals surface area contributed by atoms with Gasteiger partial charge in [-0.2, -0.15) is 0 Å². The van der Waals surface area contributed by atoms with Crippen molar-refractivity contribution in [2.75, 3.05) is 26.1 Å². The Hall–Kier alpha value is 1.41. The van der Waals surface area contributed by atoms with Gasteiger partial charge in [0.15, 0.2) is 0 Å². The molecule has 1 heterocycles. The van der Waals surface area contributed by atoms with E-state index in [1.54, 1.807) is 0 Å². The molecule has 0 amide bonds. The van der Waals surface area contributed by atoms with Gasteiger partial charge in [-0.3, -0.25) is 0 Å². The second-order valence-electron chi connectivity index (χ2n) is 3.69. The molecule has 15 heavy (non-hydrogen) atoms. The van der Waals surface area contributed by atoms with Crippen LogP contribution in [0.4, 0.5) is 12.9 Å². The molecule has 0 aromatic heterocycles. The van der Waals surface area contributed by atoms with E-state index in [0.717, 1.165) is 12.8 Å². The number of piperidine rings is 1. The topological polar surface area (TPSA) is 12.5 Å². The Morgan fingerprint density at radius 1 is 1.40 bits per heavy atom. The molecule has 1 saturated heterocycles. The number of hydrogen-bond acceptors (Lipinski definition) is 2. The molecule has 0 aromatic rings. The molecule has 7 heteroatoms. The average Bonchev–Trinajstić information content (AvgIpc) is 2.02. The third-order valence-electron chi connectivity index (χ3n) is 2.33. The van der Waals surface area contributed by atoms with Crippen LogP contribution in [-0.4, -0.2) is 44.1 Å². The monoisotopic (exact) mass is 249 g/mol. The van der Waals surface area contributed by atoms with Crippen molar-refractivity contribution in [2.45, 2.75) is 25.9 Å². The van der Waals surface area contributed by atoms with Gasteiger partial charge in [0.25, 0.3) is 0 Å². The number of halogens is 3. The van der Waals surface area contributed by atoms with Crippen molar-refractivity contribution in [1.82, 2.24) is 4.90 Å². The van der Waals surface area contributed by atoms with Gasteiger partial charge in [0.05, 0.1) is 6.10 Å². The fraction of sp³-hybridized carbons (Fsp3) is 1.00. The molecule has 84 valence electrons. The molecule has 0 spiro atoms. The van der Waals surface area contributed by atoms with Crippen molar-refractivity contribution in [1.29, 1.82) is 0 Å². The van der Waals surface area contributed by atoms with Gasteiger partial charge in [-0.1, -0.05) is 0 Å². The molecule has 0 saturated carbocycles. The van der Waals surface area contributed by atoms with Crippen LogP contribution in [0.15, 0.2) is 0 Å². The minimum Gasteiger partial charge on any atom is -0.448 e. The zero-order chi connectivity index (χ0) is 10.6. The number of rotatable bonds is 4. The Morgan fingerprint density at radius 2 is 2.07 bits per heavy atom. The maximum absolute atomic E-state index is 12.1. The van der Waals surface area contributed by atoms with Gasteiger partial charge in [-0.25, -0.2) is 0 Å². The molecule has 1 fully saturated rings. The van der Waals surface area contributed by atoms with E-state index in [0.29, 0.717) is 19.7 Å². The summed E-state index contributed by atoms with van der Waals surface area (Å²) in [5.41, 5.74) is 0. The van der Waals surface area contributed by atoms with Gasteiger partial charge < -0.3 is 22.6 Å². The van der Waals surface area contributed by atoms with E-state index in [1.807, 2.05) is 6.92 Å². The zero-order valence-electron chi connectivity index (χ0n) is 9.39. The standard InChI is InChI=1S/C8H16BF3NO.K/c1-2-14-8-4-3-5-13(6-8)7-9(10,11)12;/h8H,2-7H2,1H3;/q-1;+1. The van der Waals surface area contributed by atoms with Gasteiger partial charge in [-0.05, 0) is 32.8 Å². The molecule has 1 unspecified atom stereocenters. The second-order valence-corrected chi connectivity index (χ2v) is 3.69. The molecule has 1 atom stereocenters. The fourth-order valence-electron chi connectivity index (χ4n) is 1.84. The van der Waals surface area contributed by atoms with E-state index in [2.05, 4.69) is 0 Å². The molecule has 1 aliphatic rings. The molecule has 1 rings (SSSR count). The number of ether oxygens (including phenoxy) is 1. The largest absolute Gasteiger partial charge is 1.00 e. The maximum atomic E-state index is 12.1. The van der Waals surface area contributed by atoms with Crippen LogP contribution in [0.5, 0.6) is 0 Å². The molecule has 0 aliphatic carbocycles. The van der Waals surface area contributed by atoms with Gasteiger partial charge in [0.1, 0.15) is 0 Å². The quantitative estimate of drug-likeness (QED) is 0.585. The first-order chi connectivity index (χ1) is 6.51. The molecular formula is C8H16BF3KNO. The number of hydrogen-bond donors (Lipinski definition) is 0. The van der Waals surface area contributed by atoms with Crippen molar-refractivity contribution in [3.63, 3.8) is 0 Å². The number of nitrogens with zero attached hydrogens (tertiary/aromatic N) is 1.